The second-order valence-electron chi connectivity index (χ2n) is 6.19. The molecule has 4 rings (SSSR count). The van der Waals surface area contributed by atoms with Gasteiger partial charge in [-0.15, -0.1) is 0 Å². The van der Waals surface area contributed by atoms with E-state index in [0.29, 0.717) is 33.5 Å². The number of pyridine rings is 1. The van der Waals surface area contributed by atoms with Crippen LogP contribution in [0.5, 0.6) is 11.5 Å². The molecule has 0 saturated carbocycles. The summed E-state index contributed by atoms with van der Waals surface area (Å²) in [7, 11) is 0. The van der Waals surface area contributed by atoms with Gasteiger partial charge in [0.1, 0.15) is 5.03 Å². The molecule has 152 valence electrons. The average molecular weight is 486 g/mol. The minimum Gasteiger partial charge on any atom is -0.454 e. The molecule has 1 aromatic heterocycles. The molecule has 0 fully saturated rings. The van der Waals surface area contributed by atoms with Crippen molar-refractivity contribution >= 4 is 50.9 Å². The number of nitrogens with one attached hydrogen (secondary N) is 2. The first kappa shape index (κ1) is 20.2. The topological polar surface area (TPSA) is 89.6 Å². The van der Waals surface area contributed by atoms with E-state index in [1.165, 1.54) is 11.8 Å². The van der Waals surface area contributed by atoms with Gasteiger partial charge in [-0.2, -0.15) is 0 Å². The highest BCUT2D eigenvalue weighted by Gasteiger charge is 2.17. The van der Waals surface area contributed by atoms with Crippen molar-refractivity contribution in [2.45, 2.75) is 5.03 Å². The number of carbonyl (C=O) groups excluding carboxylic acids is 2. The normalized spacial score (nSPS) is 11.8. The van der Waals surface area contributed by atoms with Crippen LogP contribution in [0.15, 0.2) is 70.3 Å². The summed E-state index contributed by atoms with van der Waals surface area (Å²) >= 11 is 4.60. The first-order valence-electron chi connectivity index (χ1n) is 8.93. The van der Waals surface area contributed by atoms with Gasteiger partial charge in [0.15, 0.2) is 11.5 Å². The molecule has 2 amide bonds. The summed E-state index contributed by atoms with van der Waals surface area (Å²) < 4.78 is 11.4. The zero-order chi connectivity index (χ0) is 20.9. The van der Waals surface area contributed by atoms with Crippen LogP contribution in [0, 0.1) is 0 Å². The number of amides is 2. The molecule has 0 bridgehead atoms. The van der Waals surface area contributed by atoms with Gasteiger partial charge < -0.3 is 20.1 Å². The number of anilines is 2. The van der Waals surface area contributed by atoms with Crippen LogP contribution < -0.4 is 20.1 Å². The molecular formula is C21H16BrN3O4S. The molecule has 9 heteroatoms. The number of hydrogen-bond donors (Lipinski definition) is 2. The van der Waals surface area contributed by atoms with Crippen molar-refractivity contribution in [3.05, 3.63) is 70.8 Å². The van der Waals surface area contributed by atoms with E-state index in [-0.39, 0.29) is 24.4 Å². The van der Waals surface area contributed by atoms with E-state index in [4.69, 9.17) is 9.47 Å². The number of thioether (sulfide) groups is 1. The van der Waals surface area contributed by atoms with E-state index < -0.39 is 0 Å². The third-order valence-corrected chi connectivity index (χ3v) is 5.83. The Morgan fingerprint density at radius 1 is 1.03 bits per heavy atom. The Bertz CT molecular complexity index is 1110. The van der Waals surface area contributed by atoms with Crippen molar-refractivity contribution in [2.24, 2.45) is 0 Å². The smallest absolute Gasteiger partial charge is 0.258 e. The summed E-state index contributed by atoms with van der Waals surface area (Å²) in [6.07, 6.45) is 1.59. The van der Waals surface area contributed by atoms with Crippen molar-refractivity contribution in [3.63, 3.8) is 0 Å². The average Bonchev–Trinajstić information content (AvgIpc) is 3.22. The van der Waals surface area contributed by atoms with Gasteiger partial charge in [-0.3, -0.25) is 9.59 Å². The van der Waals surface area contributed by atoms with Crippen LogP contribution >= 0.6 is 27.7 Å². The van der Waals surface area contributed by atoms with Crippen LogP contribution in [0.25, 0.3) is 0 Å². The van der Waals surface area contributed by atoms with E-state index in [0.717, 1.165) is 4.47 Å². The van der Waals surface area contributed by atoms with E-state index in [9.17, 15) is 9.59 Å². The van der Waals surface area contributed by atoms with Gasteiger partial charge in [0.25, 0.3) is 5.91 Å². The molecule has 2 heterocycles. The fourth-order valence-electron chi connectivity index (χ4n) is 2.74. The summed E-state index contributed by atoms with van der Waals surface area (Å²) in [4.78, 5) is 29.3. The molecule has 30 heavy (non-hydrogen) atoms. The fraction of sp³-hybridized carbons (Fsp3) is 0.0952. The Kier molecular flexibility index (Phi) is 6.20. The number of aromatic nitrogens is 1. The van der Waals surface area contributed by atoms with Crippen LogP contribution in [0.4, 0.5) is 11.4 Å². The van der Waals surface area contributed by atoms with E-state index in [2.05, 4.69) is 31.5 Å². The lowest BCUT2D eigenvalue weighted by atomic mass is 10.2. The van der Waals surface area contributed by atoms with Gasteiger partial charge in [0, 0.05) is 22.4 Å². The molecule has 3 aromatic rings. The molecule has 7 nitrogen and oxygen atoms in total. The first-order chi connectivity index (χ1) is 14.6. The minimum atomic E-state index is -0.298. The molecule has 2 aromatic carbocycles. The van der Waals surface area contributed by atoms with Gasteiger partial charge >= 0.3 is 0 Å². The van der Waals surface area contributed by atoms with Crippen LogP contribution in [0.1, 0.15) is 10.4 Å². The van der Waals surface area contributed by atoms with Crippen molar-refractivity contribution in [2.75, 3.05) is 23.2 Å². The number of nitrogens with zero attached hydrogens (tertiary/aromatic N) is 1. The van der Waals surface area contributed by atoms with Crippen molar-refractivity contribution in [1.82, 2.24) is 4.98 Å². The van der Waals surface area contributed by atoms with E-state index in [1.54, 1.807) is 42.6 Å². The van der Waals surface area contributed by atoms with Crippen LogP contribution in [0.2, 0.25) is 0 Å². The largest absolute Gasteiger partial charge is 0.454 e. The number of fused-ring (bicyclic) bond motifs is 1. The number of ether oxygens (including phenoxy) is 2. The molecular weight excluding hydrogens is 470 g/mol. The molecule has 2 N–H and O–H groups in total. The maximum atomic E-state index is 12.7. The zero-order valence-corrected chi connectivity index (χ0v) is 18.0. The Morgan fingerprint density at radius 3 is 2.73 bits per heavy atom. The lowest BCUT2D eigenvalue weighted by Gasteiger charge is -2.10. The summed E-state index contributed by atoms with van der Waals surface area (Å²) in [5.74, 6) is 0.823. The van der Waals surface area contributed by atoms with Gasteiger partial charge in [0.05, 0.1) is 17.0 Å². The van der Waals surface area contributed by atoms with Crippen molar-refractivity contribution < 1.29 is 19.1 Å². The van der Waals surface area contributed by atoms with Crippen molar-refractivity contribution in [1.29, 1.82) is 0 Å². The highest BCUT2D eigenvalue weighted by Crippen LogP contribution is 2.34. The zero-order valence-electron chi connectivity index (χ0n) is 15.6. The third kappa shape index (κ3) is 4.74. The van der Waals surface area contributed by atoms with Gasteiger partial charge in [-0.25, -0.2) is 4.98 Å². The summed E-state index contributed by atoms with van der Waals surface area (Å²) in [5.41, 5.74) is 1.66. The number of halogens is 1. The molecule has 1 aliphatic heterocycles. The number of benzene rings is 2. The summed E-state index contributed by atoms with van der Waals surface area (Å²) in [5, 5.41) is 6.14. The van der Waals surface area contributed by atoms with Gasteiger partial charge in [-0.1, -0.05) is 23.9 Å². The summed E-state index contributed by atoms with van der Waals surface area (Å²) in [6.45, 7) is 0.173. The second kappa shape index (κ2) is 9.19. The summed E-state index contributed by atoms with van der Waals surface area (Å²) in [6, 6.07) is 15.9. The van der Waals surface area contributed by atoms with Crippen LogP contribution in [-0.4, -0.2) is 29.3 Å². The maximum Gasteiger partial charge on any atom is 0.258 e. The highest BCUT2D eigenvalue weighted by atomic mass is 79.9. The van der Waals surface area contributed by atoms with E-state index >= 15 is 0 Å². The quantitative estimate of drug-likeness (QED) is 0.497. The monoisotopic (exact) mass is 485 g/mol. The maximum absolute atomic E-state index is 12.7. The molecule has 0 atom stereocenters. The Hall–Kier alpha value is -3.04. The molecule has 0 radical (unpaired) electrons. The number of para-hydroxylation sites is 1. The predicted octanol–water partition coefficient (Wildman–Crippen LogP) is 4.56. The number of carbonyl (C=O) groups is 2. The van der Waals surface area contributed by atoms with E-state index in [1.807, 2.05) is 18.2 Å². The minimum absolute atomic E-state index is 0.0980. The SMILES string of the molecule is O=C(CSc1ncccc1C(=O)Nc1ccccc1Br)Nc1ccc2c(c1)OCO2. The van der Waals surface area contributed by atoms with Crippen LogP contribution in [0.3, 0.4) is 0 Å². The lowest BCUT2D eigenvalue weighted by molar-refractivity contribution is -0.113. The second-order valence-corrected chi connectivity index (χ2v) is 8.01. The molecule has 1 aliphatic rings. The molecule has 0 saturated heterocycles. The molecule has 0 unspecified atom stereocenters. The molecule has 0 aliphatic carbocycles. The predicted molar refractivity (Wildman–Crippen MR) is 118 cm³/mol. The Morgan fingerprint density at radius 2 is 1.87 bits per heavy atom. The van der Waals surface area contributed by atoms with Crippen molar-refractivity contribution in [3.8, 4) is 11.5 Å². The third-order valence-electron chi connectivity index (χ3n) is 4.13. The Labute approximate surface area is 185 Å². The fourth-order valence-corrected chi connectivity index (χ4v) is 3.91. The molecule has 0 spiro atoms. The Balaban J connectivity index is 1.39. The lowest BCUT2D eigenvalue weighted by Crippen LogP contribution is -2.16. The number of rotatable bonds is 6. The standard InChI is InChI=1S/C21H16BrN3O4S/c22-15-5-1-2-6-16(15)25-20(27)14-4-3-9-23-21(14)30-11-19(26)24-13-7-8-17-18(10-13)29-12-28-17/h1-10H,11-12H2,(H,24,26)(H,25,27). The van der Waals surface area contributed by atoms with Crippen LogP contribution in [-0.2, 0) is 4.79 Å². The van der Waals surface area contributed by atoms with Gasteiger partial charge in [0.2, 0.25) is 12.7 Å². The van der Waals surface area contributed by atoms with Gasteiger partial charge in [-0.05, 0) is 52.3 Å². The highest BCUT2D eigenvalue weighted by molar-refractivity contribution is 9.10. The first-order valence-corrected chi connectivity index (χ1v) is 10.7. The number of hydrogen-bond acceptors (Lipinski definition) is 6.